The van der Waals surface area contributed by atoms with E-state index in [1.165, 1.54) is 0 Å². The van der Waals surface area contributed by atoms with E-state index < -0.39 is 0 Å². The van der Waals surface area contributed by atoms with Crippen LogP contribution in [0.5, 0.6) is 5.75 Å². The topological polar surface area (TPSA) is 96.4 Å². The number of hydrogen-bond acceptors (Lipinski definition) is 6. The molecule has 0 atom stereocenters. The zero-order valence-corrected chi connectivity index (χ0v) is 16.4. The summed E-state index contributed by atoms with van der Waals surface area (Å²) in [4.78, 5) is 25.9. The lowest BCUT2D eigenvalue weighted by molar-refractivity contribution is 0.0364. The van der Waals surface area contributed by atoms with Gasteiger partial charge < -0.3 is 10.4 Å². The predicted octanol–water partition coefficient (Wildman–Crippen LogP) is 3.81. The SMILES string of the molecule is CCONC(=O)c1ccc(C)c(-c2cc3cnc(NC(C)C)nc3cc2O)c1. The molecule has 3 rings (SSSR count). The summed E-state index contributed by atoms with van der Waals surface area (Å²) in [6.07, 6.45) is 1.72. The molecule has 0 saturated heterocycles. The van der Waals surface area contributed by atoms with Gasteiger partial charge in [-0.05, 0) is 57.0 Å². The summed E-state index contributed by atoms with van der Waals surface area (Å²) < 4.78 is 0. The van der Waals surface area contributed by atoms with Crippen LogP contribution in [-0.2, 0) is 4.84 Å². The molecule has 3 N–H and O–H groups in total. The maximum atomic E-state index is 12.2. The number of aromatic hydroxyl groups is 1. The van der Waals surface area contributed by atoms with Crippen molar-refractivity contribution < 1.29 is 14.7 Å². The van der Waals surface area contributed by atoms with E-state index in [1.54, 1.807) is 31.3 Å². The summed E-state index contributed by atoms with van der Waals surface area (Å²) >= 11 is 0. The Balaban J connectivity index is 2.03. The lowest BCUT2D eigenvalue weighted by atomic mass is 9.96. The molecule has 0 aliphatic carbocycles. The van der Waals surface area contributed by atoms with Crippen LogP contribution in [0.2, 0.25) is 0 Å². The highest BCUT2D eigenvalue weighted by Crippen LogP contribution is 2.35. The molecule has 7 nitrogen and oxygen atoms in total. The molecular formula is C21H24N4O3. The standard InChI is InChI=1S/C21H24N4O3/c1-5-28-25-20(27)14-7-6-13(4)16(8-14)17-9-15-11-22-21(23-12(2)3)24-18(15)10-19(17)26/h6-12,26H,5H2,1-4H3,(H,25,27)(H,22,23,24). The van der Waals surface area contributed by atoms with Crippen molar-refractivity contribution >= 4 is 22.8 Å². The number of nitrogens with one attached hydrogen (secondary N) is 2. The first-order valence-electron chi connectivity index (χ1n) is 9.18. The number of aryl methyl sites for hydroxylation is 1. The number of carbonyl (C=O) groups is 1. The molecule has 0 fully saturated rings. The summed E-state index contributed by atoms with van der Waals surface area (Å²) in [5.74, 6) is 0.267. The van der Waals surface area contributed by atoms with Crippen molar-refractivity contribution in [2.24, 2.45) is 0 Å². The Morgan fingerprint density at radius 2 is 2.00 bits per heavy atom. The quantitative estimate of drug-likeness (QED) is 0.563. The van der Waals surface area contributed by atoms with Crippen molar-refractivity contribution in [2.75, 3.05) is 11.9 Å². The maximum Gasteiger partial charge on any atom is 0.274 e. The number of aromatic nitrogens is 2. The highest BCUT2D eigenvalue weighted by molar-refractivity contribution is 5.96. The molecule has 0 radical (unpaired) electrons. The van der Waals surface area contributed by atoms with Crippen molar-refractivity contribution in [1.29, 1.82) is 0 Å². The van der Waals surface area contributed by atoms with Gasteiger partial charge in [0.2, 0.25) is 5.95 Å². The molecule has 0 spiro atoms. The Hall–Kier alpha value is -3.19. The fourth-order valence-electron chi connectivity index (χ4n) is 2.86. The zero-order valence-electron chi connectivity index (χ0n) is 16.4. The van der Waals surface area contributed by atoms with Crippen LogP contribution in [0.15, 0.2) is 36.5 Å². The number of amides is 1. The van der Waals surface area contributed by atoms with Gasteiger partial charge >= 0.3 is 0 Å². The summed E-state index contributed by atoms with van der Waals surface area (Å²) in [7, 11) is 0. The third-order valence-electron chi connectivity index (χ3n) is 4.21. The molecule has 2 aromatic carbocycles. The maximum absolute atomic E-state index is 12.2. The van der Waals surface area contributed by atoms with E-state index in [1.807, 2.05) is 32.9 Å². The van der Waals surface area contributed by atoms with Gasteiger partial charge in [0, 0.05) is 34.8 Å². The Bertz CT molecular complexity index is 1020. The molecule has 1 heterocycles. The molecule has 0 saturated carbocycles. The summed E-state index contributed by atoms with van der Waals surface area (Å²) in [5, 5.41) is 14.6. The van der Waals surface area contributed by atoms with Gasteiger partial charge in [0.05, 0.1) is 12.1 Å². The van der Waals surface area contributed by atoms with Crippen LogP contribution in [0.25, 0.3) is 22.0 Å². The number of fused-ring (bicyclic) bond motifs is 1. The van der Waals surface area contributed by atoms with Crippen LogP contribution in [0, 0.1) is 6.92 Å². The number of benzene rings is 2. The first kappa shape index (κ1) is 19.6. The van der Waals surface area contributed by atoms with E-state index in [9.17, 15) is 9.90 Å². The fourth-order valence-corrected chi connectivity index (χ4v) is 2.86. The molecule has 0 aliphatic heterocycles. The lowest BCUT2D eigenvalue weighted by Gasteiger charge is -2.13. The van der Waals surface area contributed by atoms with E-state index in [0.29, 0.717) is 29.2 Å². The largest absolute Gasteiger partial charge is 0.507 e. The summed E-state index contributed by atoms with van der Waals surface area (Å²) in [6, 6.07) is 8.95. The molecule has 1 amide bonds. The predicted molar refractivity (Wildman–Crippen MR) is 109 cm³/mol. The highest BCUT2D eigenvalue weighted by atomic mass is 16.6. The number of hydrogen-bond donors (Lipinski definition) is 3. The van der Waals surface area contributed by atoms with Crippen molar-refractivity contribution in [3.05, 3.63) is 47.7 Å². The van der Waals surface area contributed by atoms with Gasteiger partial charge in [0.1, 0.15) is 5.75 Å². The Labute approximate surface area is 163 Å². The summed E-state index contributed by atoms with van der Waals surface area (Å²) in [5.41, 5.74) is 5.78. The second-order valence-corrected chi connectivity index (χ2v) is 6.81. The van der Waals surface area contributed by atoms with E-state index >= 15 is 0 Å². The van der Waals surface area contributed by atoms with Gasteiger partial charge in [0.15, 0.2) is 0 Å². The van der Waals surface area contributed by atoms with Gasteiger partial charge in [-0.3, -0.25) is 9.63 Å². The van der Waals surface area contributed by atoms with E-state index in [0.717, 1.165) is 16.5 Å². The minimum Gasteiger partial charge on any atom is -0.507 e. The summed E-state index contributed by atoms with van der Waals surface area (Å²) in [6.45, 7) is 8.11. The van der Waals surface area contributed by atoms with Crippen LogP contribution in [0.1, 0.15) is 36.7 Å². The van der Waals surface area contributed by atoms with Gasteiger partial charge in [-0.1, -0.05) is 6.07 Å². The van der Waals surface area contributed by atoms with Crippen molar-refractivity contribution in [3.63, 3.8) is 0 Å². The smallest absolute Gasteiger partial charge is 0.274 e. The zero-order chi connectivity index (χ0) is 20.3. The highest BCUT2D eigenvalue weighted by Gasteiger charge is 2.14. The third-order valence-corrected chi connectivity index (χ3v) is 4.21. The minimum absolute atomic E-state index is 0.0900. The lowest BCUT2D eigenvalue weighted by Crippen LogP contribution is -2.23. The Kier molecular flexibility index (Phi) is 5.75. The first-order valence-corrected chi connectivity index (χ1v) is 9.18. The molecule has 28 heavy (non-hydrogen) atoms. The van der Waals surface area contributed by atoms with Gasteiger partial charge in [-0.15, -0.1) is 0 Å². The van der Waals surface area contributed by atoms with E-state index in [-0.39, 0.29) is 17.7 Å². The molecule has 1 aromatic heterocycles. The van der Waals surface area contributed by atoms with Crippen LogP contribution >= 0.6 is 0 Å². The number of phenolic OH excluding ortho intramolecular Hbond substituents is 1. The van der Waals surface area contributed by atoms with Crippen molar-refractivity contribution in [2.45, 2.75) is 33.7 Å². The molecule has 146 valence electrons. The number of hydroxylamine groups is 1. The Morgan fingerprint density at radius 1 is 1.21 bits per heavy atom. The minimum atomic E-state index is -0.337. The number of rotatable bonds is 6. The number of nitrogens with zero attached hydrogens (tertiary/aromatic N) is 2. The molecule has 3 aromatic rings. The number of carbonyl (C=O) groups excluding carboxylic acids is 1. The van der Waals surface area contributed by atoms with Gasteiger partial charge in [-0.25, -0.2) is 15.4 Å². The van der Waals surface area contributed by atoms with Crippen LogP contribution in [0.3, 0.4) is 0 Å². The normalized spacial score (nSPS) is 11.0. The molecule has 7 heteroatoms. The van der Waals surface area contributed by atoms with E-state index in [2.05, 4.69) is 20.8 Å². The van der Waals surface area contributed by atoms with Crippen LogP contribution in [-0.4, -0.2) is 33.6 Å². The van der Waals surface area contributed by atoms with Crippen LogP contribution in [0.4, 0.5) is 5.95 Å². The fraction of sp³-hybridized carbons (Fsp3) is 0.286. The molecule has 0 unspecified atom stereocenters. The molecule has 0 bridgehead atoms. The van der Waals surface area contributed by atoms with Crippen LogP contribution < -0.4 is 10.8 Å². The Morgan fingerprint density at radius 3 is 2.71 bits per heavy atom. The average molecular weight is 380 g/mol. The van der Waals surface area contributed by atoms with Gasteiger partial charge in [-0.2, -0.15) is 0 Å². The number of phenols is 1. The third kappa shape index (κ3) is 4.20. The number of anilines is 1. The second-order valence-electron chi connectivity index (χ2n) is 6.81. The average Bonchev–Trinajstić information content (AvgIpc) is 2.65. The molecule has 0 aliphatic rings. The van der Waals surface area contributed by atoms with Crippen molar-refractivity contribution in [1.82, 2.24) is 15.4 Å². The van der Waals surface area contributed by atoms with E-state index in [4.69, 9.17) is 4.84 Å². The second kappa shape index (κ2) is 8.22. The first-order chi connectivity index (χ1) is 13.4. The monoisotopic (exact) mass is 380 g/mol. The van der Waals surface area contributed by atoms with Gasteiger partial charge in [0.25, 0.3) is 5.91 Å². The molecular weight excluding hydrogens is 356 g/mol. The van der Waals surface area contributed by atoms with Crippen molar-refractivity contribution in [3.8, 4) is 16.9 Å².